The Morgan fingerprint density at radius 1 is 1.00 bits per heavy atom. The molecule has 0 radical (unpaired) electrons. The molecule has 4 rings (SSSR count). The van der Waals surface area contributed by atoms with E-state index in [1.165, 1.54) is 0 Å². The second-order valence-corrected chi connectivity index (χ2v) is 10.1. The number of carbonyl (C=O) groups excluding carboxylic acids is 1. The highest BCUT2D eigenvalue weighted by atomic mass is 16.8. The number of ether oxygens (including phenoxy) is 7. The Morgan fingerprint density at radius 2 is 1.61 bits per heavy atom. The normalized spacial score (nSPS) is 40.6. The van der Waals surface area contributed by atoms with Gasteiger partial charge in [-0.15, -0.1) is 0 Å². The van der Waals surface area contributed by atoms with Gasteiger partial charge < -0.3 is 38.3 Å². The summed E-state index contributed by atoms with van der Waals surface area (Å²) in [4.78, 5) is 11.6. The molecule has 0 unspecified atom stereocenters. The van der Waals surface area contributed by atoms with Gasteiger partial charge in [0.2, 0.25) is 0 Å². The average Bonchev–Trinajstić information content (AvgIpc) is 3.46. The Bertz CT molecular complexity index is 704. The zero-order chi connectivity index (χ0) is 24.4. The van der Waals surface area contributed by atoms with Crippen molar-refractivity contribution < 1.29 is 43.1 Å². The lowest BCUT2D eigenvalue weighted by molar-refractivity contribution is -0.158. The van der Waals surface area contributed by atoms with Crippen LogP contribution in [0.2, 0.25) is 0 Å². The molecule has 0 aromatic rings. The Morgan fingerprint density at radius 3 is 2.09 bits per heavy atom. The number of esters is 1. The summed E-state index contributed by atoms with van der Waals surface area (Å²) in [7, 11) is 0. The topological polar surface area (TPSA) is 102 Å². The first-order chi connectivity index (χ1) is 15.4. The van der Waals surface area contributed by atoms with Crippen LogP contribution in [0.15, 0.2) is 11.6 Å². The number of rotatable bonds is 4. The Labute approximate surface area is 196 Å². The Balaban J connectivity index is 0.000000194. The van der Waals surface area contributed by atoms with Crippen molar-refractivity contribution in [3.8, 4) is 0 Å². The van der Waals surface area contributed by atoms with Crippen LogP contribution in [-0.2, 0) is 38.0 Å². The number of hydrogen-bond donors (Lipinski definition) is 1. The molecule has 0 amide bonds. The molecule has 4 fully saturated rings. The third kappa shape index (κ3) is 6.75. The molecular formula is C24H40O9. The van der Waals surface area contributed by atoms with Crippen molar-refractivity contribution in [3.63, 3.8) is 0 Å². The van der Waals surface area contributed by atoms with Gasteiger partial charge in [0.25, 0.3) is 0 Å². The lowest BCUT2D eigenvalue weighted by Gasteiger charge is -2.22. The molecule has 0 aromatic heterocycles. The van der Waals surface area contributed by atoms with Crippen LogP contribution in [0.25, 0.3) is 0 Å². The number of aliphatic hydroxyl groups is 1. The average molecular weight is 473 g/mol. The highest BCUT2D eigenvalue weighted by molar-refractivity contribution is 5.83. The third-order valence-corrected chi connectivity index (χ3v) is 6.23. The molecule has 33 heavy (non-hydrogen) atoms. The molecule has 0 spiro atoms. The van der Waals surface area contributed by atoms with Gasteiger partial charge in [-0.05, 0) is 40.2 Å². The minimum absolute atomic E-state index is 0.134. The fourth-order valence-corrected chi connectivity index (χ4v) is 4.44. The lowest BCUT2D eigenvalue weighted by Crippen LogP contribution is -2.38. The Hall–Kier alpha value is -1.07. The molecule has 4 heterocycles. The third-order valence-electron chi connectivity index (χ3n) is 6.23. The quantitative estimate of drug-likeness (QED) is 0.487. The maximum atomic E-state index is 11.6. The van der Waals surface area contributed by atoms with E-state index in [1.807, 2.05) is 41.5 Å². The van der Waals surface area contributed by atoms with E-state index in [0.717, 1.165) is 5.57 Å². The molecule has 1 N–H and O–H groups in total. The fraction of sp³-hybridized carbons (Fsp3) is 0.875. The van der Waals surface area contributed by atoms with Crippen molar-refractivity contribution in [2.75, 3.05) is 33.0 Å². The summed E-state index contributed by atoms with van der Waals surface area (Å²) in [6.07, 6.45) is 0.358. The highest BCUT2D eigenvalue weighted by Gasteiger charge is 2.45. The van der Waals surface area contributed by atoms with E-state index in [2.05, 4.69) is 0 Å². The zero-order valence-corrected chi connectivity index (χ0v) is 20.9. The van der Waals surface area contributed by atoms with E-state index in [4.69, 9.17) is 33.2 Å². The maximum absolute atomic E-state index is 11.6. The van der Waals surface area contributed by atoms with Gasteiger partial charge in [0, 0.05) is 17.9 Å². The van der Waals surface area contributed by atoms with E-state index in [0.29, 0.717) is 33.0 Å². The summed E-state index contributed by atoms with van der Waals surface area (Å²) in [6.45, 7) is 15.8. The predicted octanol–water partition coefficient (Wildman–Crippen LogP) is 2.20. The minimum atomic E-state index is -0.588. The SMILES string of the molecule is CCOC(=O)C=C1[C@@H](C)CO[C@@H]1[C@H]1COC(C)(C)O1.C[C@H]1CO[C@H]([C@H]2COC(C)(C)O2)[C@@H]1O. The van der Waals surface area contributed by atoms with E-state index in [9.17, 15) is 9.90 Å². The summed E-state index contributed by atoms with van der Waals surface area (Å²) in [5.74, 6) is -1.07. The van der Waals surface area contributed by atoms with Gasteiger partial charge in [-0.3, -0.25) is 0 Å². The van der Waals surface area contributed by atoms with Crippen molar-refractivity contribution in [2.45, 2.75) is 90.6 Å². The maximum Gasteiger partial charge on any atom is 0.330 e. The van der Waals surface area contributed by atoms with E-state index >= 15 is 0 Å². The molecule has 0 bridgehead atoms. The van der Waals surface area contributed by atoms with E-state index in [1.54, 1.807) is 13.0 Å². The summed E-state index contributed by atoms with van der Waals surface area (Å²) in [6, 6.07) is 0. The van der Waals surface area contributed by atoms with Crippen LogP contribution in [0.4, 0.5) is 0 Å². The molecule has 0 saturated carbocycles. The van der Waals surface area contributed by atoms with Gasteiger partial charge in [-0.1, -0.05) is 13.8 Å². The predicted molar refractivity (Wildman–Crippen MR) is 118 cm³/mol. The number of aliphatic hydroxyl groups excluding tert-OH is 1. The first-order valence-electron chi connectivity index (χ1n) is 11.9. The summed E-state index contributed by atoms with van der Waals surface area (Å²) < 4.78 is 38.7. The molecule has 0 aromatic carbocycles. The first kappa shape index (κ1) is 26.5. The smallest absolute Gasteiger partial charge is 0.330 e. The lowest BCUT2D eigenvalue weighted by atomic mass is 9.96. The molecule has 0 aliphatic carbocycles. The molecule has 4 aliphatic heterocycles. The fourth-order valence-electron chi connectivity index (χ4n) is 4.44. The van der Waals surface area contributed by atoms with Crippen LogP contribution in [0.1, 0.15) is 48.5 Å². The van der Waals surface area contributed by atoms with Crippen molar-refractivity contribution in [2.24, 2.45) is 11.8 Å². The van der Waals surface area contributed by atoms with Crippen molar-refractivity contribution >= 4 is 5.97 Å². The van der Waals surface area contributed by atoms with Crippen LogP contribution in [-0.4, -0.2) is 86.2 Å². The van der Waals surface area contributed by atoms with Gasteiger partial charge >= 0.3 is 5.97 Å². The zero-order valence-electron chi connectivity index (χ0n) is 20.9. The van der Waals surface area contributed by atoms with Crippen molar-refractivity contribution in [3.05, 3.63) is 11.6 Å². The Kier molecular flexibility index (Phi) is 8.59. The largest absolute Gasteiger partial charge is 0.463 e. The van der Waals surface area contributed by atoms with Gasteiger partial charge in [-0.25, -0.2) is 4.79 Å². The monoisotopic (exact) mass is 472 g/mol. The molecule has 9 heteroatoms. The first-order valence-corrected chi connectivity index (χ1v) is 11.9. The molecule has 7 atom stereocenters. The standard InChI is InChI=1S/C14H22O5.C10H18O4/c1-5-16-12(15)6-10-9(2)7-17-13(10)11-8-18-14(3,4)19-11;1-6-4-12-9(8(6)11)7-5-13-10(2,3)14-7/h6,9,11,13H,5,7-8H2,1-4H3;6-9,11H,4-5H2,1-3H3/t9-,11+,13-;6-,7+,8+,9+/m00/s1. The number of carbonyl (C=O) groups is 1. The highest BCUT2D eigenvalue weighted by Crippen LogP contribution is 2.35. The summed E-state index contributed by atoms with van der Waals surface area (Å²) in [5.41, 5.74) is 0.935. The van der Waals surface area contributed by atoms with Crippen LogP contribution in [0.3, 0.4) is 0 Å². The molecule has 9 nitrogen and oxygen atoms in total. The molecule has 4 saturated heterocycles. The molecule has 190 valence electrons. The van der Waals surface area contributed by atoms with Crippen LogP contribution >= 0.6 is 0 Å². The van der Waals surface area contributed by atoms with Crippen LogP contribution in [0, 0.1) is 11.8 Å². The second-order valence-electron chi connectivity index (χ2n) is 10.1. The molecule has 4 aliphatic rings. The van der Waals surface area contributed by atoms with Gasteiger partial charge in [0.15, 0.2) is 11.6 Å². The van der Waals surface area contributed by atoms with Crippen molar-refractivity contribution in [1.82, 2.24) is 0 Å². The van der Waals surface area contributed by atoms with Crippen molar-refractivity contribution in [1.29, 1.82) is 0 Å². The number of hydrogen-bond acceptors (Lipinski definition) is 9. The van der Waals surface area contributed by atoms with Gasteiger partial charge in [0.05, 0.1) is 39.1 Å². The summed E-state index contributed by atoms with van der Waals surface area (Å²) in [5, 5.41) is 9.83. The van der Waals surface area contributed by atoms with Crippen LogP contribution < -0.4 is 0 Å². The van der Waals surface area contributed by atoms with Gasteiger partial charge in [-0.2, -0.15) is 0 Å². The van der Waals surface area contributed by atoms with E-state index in [-0.39, 0.29) is 42.2 Å². The van der Waals surface area contributed by atoms with E-state index < -0.39 is 17.7 Å². The van der Waals surface area contributed by atoms with Crippen LogP contribution in [0.5, 0.6) is 0 Å². The molecular weight excluding hydrogens is 432 g/mol. The second kappa shape index (κ2) is 10.7. The minimum Gasteiger partial charge on any atom is -0.463 e. The summed E-state index contributed by atoms with van der Waals surface area (Å²) >= 11 is 0. The van der Waals surface area contributed by atoms with Gasteiger partial charge in [0.1, 0.15) is 24.4 Å².